The van der Waals surface area contributed by atoms with Crippen molar-refractivity contribution < 1.29 is 13.6 Å². The number of rotatable bonds is 11. The number of unbranched alkanes of at least 4 members (excludes halogenated alkanes) is 2. The highest BCUT2D eigenvalue weighted by molar-refractivity contribution is 7.41. The van der Waals surface area contributed by atoms with Gasteiger partial charge in [-0.25, -0.2) is 0 Å². The van der Waals surface area contributed by atoms with Gasteiger partial charge in [-0.05, 0) is 19.3 Å². The third kappa shape index (κ3) is 10.6. The van der Waals surface area contributed by atoms with Gasteiger partial charge in [-0.3, -0.25) is 0 Å². The summed E-state index contributed by atoms with van der Waals surface area (Å²) in [4.78, 5) is 0. The Morgan fingerprint density at radius 2 is 1.13 bits per heavy atom. The van der Waals surface area contributed by atoms with Gasteiger partial charge in [0, 0.05) is 0 Å². The molecule has 0 bridgehead atoms. The van der Waals surface area contributed by atoms with E-state index in [0.717, 1.165) is 51.9 Å². The lowest BCUT2D eigenvalue weighted by Crippen LogP contribution is -1.99. The van der Waals surface area contributed by atoms with Crippen LogP contribution in [-0.2, 0) is 13.6 Å². The van der Waals surface area contributed by atoms with Gasteiger partial charge in [0.05, 0.1) is 19.8 Å². The summed E-state index contributed by atoms with van der Waals surface area (Å²) in [5, 5.41) is 0. The molecule has 0 aromatic carbocycles. The van der Waals surface area contributed by atoms with Crippen LogP contribution in [0.1, 0.15) is 52.9 Å². The Balaban J connectivity index is 3.53. The molecule has 15 heavy (non-hydrogen) atoms. The molecule has 0 rings (SSSR count). The maximum atomic E-state index is 5.55. The zero-order valence-corrected chi connectivity index (χ0v) is 11.2. The van der Waals surface area contributed by atoms with Gasteiger partial charge in [0.15, 0.2) is 0 Å². The standard InChI is InChI=1S/C11H25O3P/c1-4-7-10-13-15(12-9-6-3)14-11-8-5-2/h4-11H2,1-3H3. The molecule has 0 heterocycles. The van der Waals surface area contributed by atoms with E-state index >= 15 is 0 Å². The fourth-order valence-electron chi connectivity index (χ4n) is 0.844. The van der Waals surface area contributed by atoms with Gasteiger partial charge in [-0.15, -0.1) is 0 Å². The monoisotopic (exact) mass is 236 g/mol. The Kier molecular flexibility index (Phi) is 12.6. The van der Waals surface area contributed by atoms with E-state index in [4.69, 9.17) is 13.6 Å². The minimum atomic E-state index is -1.09. The van der Waals surface area contributed by atoms with E-state index in [1.165, 1.54) is 0 Å². The van der Waals surface area contributed by atoms with Crippen LogP contribution >= 0.6 is 8.60 Å². The summed E-state index contributed by atoms with van der Waals surface area (Å²) in [7, 11) is -1.09. The maximum absolute atomic E-state index is 5.55. The first-order chi connectivity index (χ1) is 7.35. The van der Waals surface area contributed by atoms with Gasteiger partial charge < -0.3 is 13.6 Å². The summed E-state index contributed by atoms with van der Waals surface area (Å²) in [6, 6.07) is 0. The second kappa shape index (κ2) is 12.4. The Morgan fingerprint density at radius 3 is 1.53 bits per heavy atom. The molecule has 0 aromatic rings. The van der Waals surface area contributed by atoms with Crippen molar-refractivity contribution in [2.45, 2.75) is 52.9 Å². The maximum Gasteiger partial charge on any atom is 0.332 e. The van der Waals surface area contributed by atoms with Crippen molar-refractivity contribution in [3.8, 4) is 0 Å². The van der Waals surface area contributed by atoms with Crippen molar-refractivity contribution in [1.82, 2.24) is 0 Å². The molecule has 0 atom stereocenters. The minimum absolute atomic E-state index is 0.726. The molecule has 0 aromatic heterocycles. The average Bonchev–Trinajstić information content (AvgIpc) is 2.25. The molecule has 0 amide bonds. The van der Waals surface area contributed by atoms with Crippen molar-refractivity contribution in [3.05, 3.63) is 0 Å². The first-order valence-electron chi connectivity index (χ1n) is 6.04. The Hall–Kier alpha value is 0.310. The molecule has 0 spiro atoms. The summed E-state index contributed by atoms with van der Waals surface area (Å²) in [6.45, 7) is 8.61. The van der Waals surface area contributed by atoms with Gasteiger partial charge in [0.25, 0.3) is 0 Å². The first kappa shape index (κ1) is 15.3. The third-order valence-electron chi connectivity index (χ3n) is 1.79. The Bertz CT molecular complexity index is 112. The fourth-order valence-corrected chi connectivity index (χ4v) is 1.96. The highest BCUT2D eigenvalue weighted by Gasteiger charge is 2.10. The lowest BCUT2D eigenvalue weighted by atomic mass is 10.4. The van der Waals surface area contributed by atoms with E-state index in [-0.39, 0.29) is 0 Å². The van der Waals surface area contributed by atoms with Crippen molar-refractivity contribution in [1.29, 1.82) is 0 Å². The van der Waals surface area contributed by atoms with E-state index in [2.05, 4.69) is 20.8 Å². The summed E-state index contributed by atoms with van der Waals surface area (Å²) >= 11 is 0. The zero-order chi connectivity index (χ0) is 11.4. The van der Waals surface area contributed by atoms with Crippen LogP contribution in [-0.4, -0.2) is 19.8 Å². The lowest BCUT2D eigenvalue weighted by molar-refractivity contribution is 0.157. The quantitative estimate of drug-likeness (QED) is 0.396. The second-order valence-corrected chi connectivity index (χ2v) is 4.65. The van der Waals surface area contributed by atoms with Crippen LogP contribution in [0.25, 0.3) is 0 Å². The molecular weight excluding hydrogens is 211 g/mol. The summed E-state index contributed by atoms with van der Waals surface area (Å²) in [5.41, 5.74) is 0. The molecule has 0 aliphatic rings. The molecule has 0 aliphatic heterocycles. The second-order valence-electron chi connectivity index (χ2n) is 3.43. The summed E-state index contributed by atoms with van der Waals surface area (Å²) < 4.78 is 16.6. The van der Waals surface area contributed by atoms with Crippen molar-refractivity contribution in [2.24, 2.45) is 0 Å². The van der Waals surface area contributed by atoms with Gasteiger partial charge in [-0.2, -0.15) is 0 Å². The van der Waals surface area contributed by atoms with E-state index < -0.39 is 8.60 Å². The molecule has 0 fully saturated rings. The topological polar surface area (TPSA) is 27.7 Å². The van der Waals surface area contributed by atoms with Gasteiger partial charge in [-0.1, -0.05) is 33.6 Å². The van der Waals surface area contributed by atoms with Crippen LogP contribution in [0.3, 0.4) is 0 Å². The third-order valence-corrected chi connectivity index (χ3v) is 2.97. The van der Waals surface area contributed by atoms with E-state index in [1.54, 1.807) is 0 Å². The van der Waals surface area contributed by atoms with Crippen LogP contribution in [0.4, 0.5) is 0 Å². The molecule has 0 saturated heterocycles. The van der Waals surface area contributed by atoms with Gasteiger partial charge in [0.1, 0.15) is 0 Å². The van der Waals surface area contributed by atoms with Crippen LogP contribution in [0, 0.1) is 0 Å². The van der Waals surface area contributed by atoms with Gasteiger partial charge in [0.2, 0.25) is 0 Å². The van der Waals surface area contributed by atoms with Crippen LogP contribution in [0.15, 0.2) is 0 Å². The summed E-state index contributed by atoms with van der Waals surface area (Å²) in [6.07, 6.45) is 5.45. The smallest absolute Gasteiger partial charge is 0.312 e. The molecule has 4 heteroatoms. The lowest BCUT2D eigenvalue weighted by Gasteiger charge is -2.15. The zero-order valence-electron chi connectivity index (χ0n) is 10.3. The van der Waals surface area contributed by atoms with Crippen molar-refractivity contribution in [2.75, 3.05) is 19.8 Å². The predicted octanol–water partition coefficient (Wildman–Crippen LogP) is 4.27. The van der Waals surface area contributed by atoms with E-state index in [9.17, 15) is 0 Å². The molecule has 0 saturated carbocycles. The molecule has 3 nitrogen and oxygen atoms in total. The molecule has 0 aliphatic carbocycles. The Labute approximate surface area is 95.5 Å². The number of hydrogen-bond acceptors (Lipinski definition) is 3. The molecule has 0 unspecified atom stereocenters. The van der Waals surface area contributed by atoms with E-state index in [0.29, 0.717) is 0 Å². The average molecular weight is 236 g/mol. The normalized spacial score (nSPS) is 11.2. The predicted molar refractivity (Wildman–Crippen MR) is 64.9 cm³/mol. The highest BCUT2D eigenvalue weighted by Crippen LogP contribution is 2.40. The SMILES string of the molecule is CCCCOP(OCCC)OCCCC. The molecular formula is C11H25O3P. The van der Waals surface area contributed by atoms with Crippen molar-refractivity contribution >= 4 is 8.60 Å². The van der Waals surface area contributed by atoms with E-state index in [1.807, 2.05) is 0 Å². The molecule has 0 N–H and O–H groups in total. The Morgan fingerprint density at radius 1 is 0.667 bits per heavy atom. The van der Waals surface area contributed by atoms with Crippen molar-refractivity contribution in [3.63, 3.8) is 0 Å². The number of hydrogen-bond donors (Lipinski definition) is 0. The molecule has 0 radical (unpaired) electrons. The summed E-state index contributed by atoms with van der Waals surface area (Å²) in [5.74, 6) is 0. The highest BCUT2D eigenvalue weighted by atomic mass is 31.2. The first-order valence-corrected chi connectivity index (χ1v) is 7.13. The fraction of sp³-hybridized carbons (Fsp3) is 1.00. The largest absolute Gasteiger partial charge is 0.332 e. The minimum Gasteiger partial charge on any atom is -0.312 e. The van der Waals surface area contributed by atoms with Crippen LogP contribution < -0.4 is 0 Å². The molecule has 92 valence electrons. The van der Waals surface area contributed by atoms with Gasteiger partial charge >= 0.3 is 8.60 Å². The van der Waals surface area contributed by atoms with Crippen LogP contribution in [0.2, 0.25) is 0 Å². The van der Waals surface area contributed by atoms with Crippen LogP contribution in [0.5, 0.6) is 0 Å².